The van der Waals surface area contributed by atoms with Crippen molar-refractivity contribution in [1.29, 1.82) is 0 Å². The van der Waals surface area contributed by atoms with Crippen LogP contribution in [0.4, 0.5) is 0 Å². The fourth-order valence-electron chi connectivity index (χ4n) is 6.64. The van der Waals surface area contributed by atoms with Gasteiger partial charge in [-0.15, -0.1) is 0 Å². The Bertz CT molecular complexity index is 1460. The SMILES string of the molecule is CC(=O)OC[C@H]1O[C@H](CCCc2ccc(CCC[C@H]3O[C@H](COC(C)=O)[C@@H](OC(C)=O)C[C@@H]3OC(C)=O)cc2)[C@@H](OC(C)=O)[C@@H](OC(C)=O)[C@@H]1OC(C)=O. The minimum absolute atomic E-state index is 0.105. The normalized spacial score (nSPS) is 26.4. The highest BCUT2D eigenvalue weighted by atomic mass is 16.7. The number of carbonyl (C=O) groups is 7. The van der Waals surface area contributed by atoms with Crippen LogP contribution in [-0.4, -0.2) is 110 Å². The van der Waals surface area contributed by atoms with E-state index in [0.717, 1.165) is 11.1 Å². The molecule has 0 N–H and O–H groups in total. The van der Waals surface area contributed by atoms with Gasteiger partial charge in [0.05, 0.1) is 12.2 Å². The van der Waals surface area contributed by atoms with Crippen LogP contribution in [0.5, 0.6) is 0 Å². The summed E-state index contributed by atoms with van der Waals surface area (Å²) in [6.45, 7) is 8.23. The van der Waals surface area contributed by atoms with Gasteiger partial charge in [-0.25, -0.2) is 0 Å². The van der Waals surface area contributed by atoms with E-state index in [2.05, 4.69) is 0 Å². The van der Waals surface area contributed by atoms with E-state index in [1.165, 1.54) is 48.5 Å². The number of ether oxygens (including phenoxy) is 9. The molecule has 0 saturated carbocycles. The summed E-state index contributed by atoms with van der Waals surface area (Å²) in [6, 6.07) is 8.02. The van der Waals surface area contributed by atoms with Crippen LogP contribution in [0.1, 0.15) is 91.7 Å². The number of rotatable bonds is 17. The average molecular weight is 765 g/mol. The van der Waals surface area contributed by atoms with Crippen LogP contribution in [0.2, 0.25) is 0 Å². The predicted octanol–water partition coefficient (Wildman–Crippen LogP) is 3.04. The van der Waals surface area contributed by atoms with E-state index in [1.54, 1.807) is 0 Å². The van der Waals surface area contributed by atoms with Gasteiger partial charge in [-0.05, 0) is 49.7 Å². The minimum Gasteiger partial charge on any atom is -0.463 e. The highest BCUT2D eigenvalue weighted by Gasteiger charge is 2.51. The average Bonchev–Trinajstić information content (AvgIpc) is 3.06. The Morgan fingerprint density at radius 1 is 0.481 bits per heavy atom. The standard InChI is InChI=1S/C38H52O16/c1-21(39)46-19-34-33(49-24(4)42)18-32(48-23(3)41)30(53-34)12-8-10-28-14-16-29(17-15-28)11-9-13-31-36(50-25(5)43)38(52-27(7)45)37(51-26(6)44)35(54-31)20-47-22(2)40/h14-17,30-38H,8-13,18-20H2,1-7H3/t30-,31-,32+,33+,34-,35-,36-,37-,38-/m1/s1. The van der Waals surface area contributed by atoms with Crippen molar-refractivity contribution in [2.24, 2.45) is 0 Å². The molecule has 0 unspecified atom stereocenters. The van der Waals surface area contributed by atoms with Crippen LogP contribution in [0.25, 0.3) is 0 Å². The van der Waals surface area contributed by atoms with Crippen molar-refractivity contribution in [1.82, 2.24) is 0 Å². The number of aryl methyl sites for hydroxylation is 2. The summed E-state index contributed by atoms with van der Waals surface area (Å²) < 4.78 is 50.1. The molecule has 1 aromatic rings. The second kappa shape index (κ2) is 21.4. The lowest BCUT2D eigenvalue weighted by molar-refractivity contribution is -0.253. The summed E-state index contributed by atoms with van der Waals surface area (Å²) in [5.74, 6) is -4.12. The van der Waals surface area contributed by atoms with Gasteiger partial charge in [0.25, 0.3) is 0 Å². The second-order valence-corrected chi connectivity index (χ2v) is 13.4. The molecule has 2 saturated heterocycles. The highest BCUT2D eigenvalue weighted by Crippen LogP contribution is 2.32. The quantitative estimate of drug-likeness (QED) is 0.165. The molecule has 0 aromatic heterocycles. The summed E-state index contributed by atoms with van der Waals surface area (Å²) >= 11 is 0. The number of hydrogen-bond acceptors (Lipinski definition) is 16. The fraction of sp³-hybridized carbons (Fsp3) is 0.658. The Labute approximate surface area is 314 Å². The Balaban J connectivity index is 1.63. The van der Waals surface area contributed by atoms with E-state index in [-0.39, 0.29) is 19.6 Å². The molecule has 0 radical (unpaired) electrons. The molecular formula is C38H52O16. The van der Waals surface area contributed by atoms with Gasteiger partial charge < -0.3 is 42.6 Å². The van der Waals surface area contributed by atoms with E-state index in [1.807, 2.05) is 24.3 Å². The molecule has 300 valence electrons. The third kappa shape index (κ3) is 14.7. The van der Waals surface area contributed by atoms with Crippen molar-refractivity contribution in [2.45, 2.75) is 148 Å². The fourth-order valence-corrected chi connectivity index (χ4v) is 6.64. The van der Waals surface area contributed by atoms with Crippen molar-refractivity contribution in [3.63, 3.8) is 0 Å². The van der Waals surface area contributed by atoms with Crippen molar-refractivity contribution in [3.05, 3.63) is 35.4 Å². The molecule has 9 atom stereocenters. The minimum atomic E-state index is -1.20. The molecule has 2 heterocycles. The van der Waals surface area contributed by atoms with Crippen molar-refractivity contribution >= 4 is 41.8 Å². The molecule has 0 amide bonds. The van der Waals surface area contributed by atoms with E-state index >= 15 is 0 Å². The zero-order chi connectivity index (χ0) is 39.9. The molecule has 54 heavy (non-hydrogen) atoms. The van der Waals surface area contributed by atoms with E-state index in [0.29, 0.717) is 38.5 Å². The first-order chi connectivity index (χ1) is 25.5. The molecule has 16 nitrogen and oxygen atoms in total. The molecule has 1 aromatic carbocycles. The van der Waals surface area contributed by atoms with Gasteiger partial charge in [0.15, 0.2) is 18.3 Å². The first-order valence-corrected chi connectivity index (χ1v) is 18.0. The molecule has 2 aliphatic rings. The van der Waals surface area contributed by atoms with Gasteiger partial charge in [0, 0.05) is 54.9 Å². The number of benzene rings is 1. The summed E-state index contributed by atoms with van der Waals surface area (Å²) in [6.07, 6.45) is -4.19. The summed E-state index contributed by atoms with van der Waals surface area (Å²) in [5, 5.41) is 0. The largest absolute Gasteiger partial charge is 0.463 e. The molecule has 16 heteroatoms. The van der Waals surface area contributed by atoms with Crippen LogP contribution in [0.15, 0.2) is 24.3 Å². The zero-order valence-corrected chi connectivity index (χ0v) is 31.9. The summed E-state index contributed by atoms with van der Waals surface area (Å²) in [7, 11) is 0. The van der Waals surface area contributed by atoms with Crippen LogP contribution < -0.4 is 0 Å². The third-order valence-electron chi connectivity index (χ3n) is 8.75. The predicted molar refractivity (Wildman–Crippen MR) is 185 cm³/mol. The van der Waals surface area contributed by atoms with E-state index < -0.39 is 96.7 Å². The van der Waals surface area contributed by atoms with Gasteiger partial charge in [-0.2, -0.15) is 0 Å². The van der Waals surface area contributed by atoms with Gasteiger partial charge in [-0.3, -0.25) is 33.6 Å². The highest BCUT2D eigenvalue weighted by molar-refractivity contribution is 5.69. The Kier molecular flexibility index (Phi) is 17.3. The van der Waals surface area contributed by atoms with Crippen molar-refractivity contribution < 1.29 is 76.2 Å². The van der Waals surface area contributed by atoms with Crippen molar-refractivity contribution in [2.75, 3.05) is 13.2 Å². The van der Waals surface area contributed by atoms with Crippen LogP contribution in [0, 0.1) is 0 Å². The summed E-state index contributed by atoms with van der Waals surface area (Å²) in [5.41, 5.74) is 2.09. The summed E-state index contributed by atoms with van der Waals surface area (Å²) in [4.78, 5) is 82.8. The molecule has 2 fully saturated rings. The Hall–Kier alpha value is -4.57. The molecule has 3 rings (SSSR count). The smallest absolute Gasteiger partial charge is 0.303 e. The molecule has 0 aliphatic carbocycles. The molecular weight excluding hydrogens is 712 g/mol. The Morgan fingerprint density at radius 2 is 0.852 bits per heavy atom. The van der Waals surface area contributed by atoms with Gasteiger partial charge in [0.1, 0.15) is 37.6 Å². The maximum absolute atomic E-state index is 12.1. The third-order valence-corrected chi connectivity index (χ3v) is 8.75. The van der Waals surface area contributed by atoms with Gasteiger partial charge in [-0.1, -0.05) is 24.3 Å². The van der Waals surface area contributed by atoms with Crippen LogP contribution in [-0.2, 0) is 89.0 Å². The number of carbonyl (C=O) groups excluding carboxylic acids is 7. The zero-order valence-electron chi connectivity index (χ0n) is 31.9. The lowest BCUT2D eigenvalue weighted by Crippen LogP contribution is -2.62. The van der Waals surface area contributed by atoms with E-state index in [4.69, 9.17) is 42.6 Å². The van der Waals surface area contributed by atoms with Gasteiger partial charge >= 0.3 is 41.8 Å². The van der Waals surface area contributed by atoms with E-state index in [9.17, 15) is 33.6 Å². The van der Waals surface area contributed by atoms with Gasteiger partial charge in [0.2, 0.25) is 0 Å². The van der Waals surface area contributed by atoms with Crippen molar-refractivity contribution in [3.8, 4) is 0 Å². The lowest BCUT2D eigenvalue weighted by atomic mass is 9.91. The van der Waals surface area contributed by atoms with Crippen LogP contribution >= 0.6 is 0 Å². The number of hydrogen-bond donors (Lipinski definition) is 0. The maximum Gasteiger partial charge on any atom is 0.303 e. The molecule has 2 aliphatic heterocycles. The lowest BCUT2D eigenvalue weighted by Gasteiger charge is -2.44. The topological polar surface area (TPSA) is 203 Å². The maximum atomic E-state index is 12.1. The second-order valence-electron chi connectivity index (χ2n) is 13.4. The Morgan fingerprint density at radius 3 is 1.30 bits per heavy atom. The first-order valence-electron chi connectivity index (χ1n) is 18.0. The first kappa shape index (κ1) is 43.8. The molecule has 0 spiro atoms. The number of esters is 7. The monoisotopic (exact) mass is 764 g/mol. The van der Waals surface area contributed by atoms with Crippen LogP contribution in [0.3, 0.4) is 0 Å². The molecule has 0 bridgehead atoms.